The predicted octanol–water partition coefficient (Wildman–Crippen LogP) is 1.21. The molecule has 108 valence electrons. The smallest absolute Gasteiger partial charge is 0.223 e. The van der Waals surface area contributed by atoms with Gasteiger partial charge in [0.15, 0.2) is 0 Å². The molecule has 1 amide bonds. The molecule has 0 fully saturated rings. The number of rotatable bonds is 9. The first-order chi connectivity index (χ1) is 8.36. The first-order valence-electron chi connectivity index (χ1n) is 6.59. The molecule has 0 aliphatic rings. The second kappa shape index (κ2) is 8.48. The zero-order chi connectivity index (χ0) is 14.2. The van der Waals surface area contributed by atoms with Crippen LogP contribution < -0.4 is 5.32 Å². The van der Waals surface area contributed by atoms with E-state index in [4.69, 9.17) is 0 Å². The van der Waals surface area contributed by atoms with Crippen molar-refractivity contribution in [1.29, 1.82) is 0 Å². The van der Waals surface area contributed by atoms with Gasteiger partial charge in [0.05, 0.1) is 6.26 Å². The van der Waals surface area contributed by atoms with Gasteiger partial charge in [-0.1, -0.05) is 20.8 Å². The van der Waals surface area contributed by atoms with Crippen LogP contribution in [0.4, 0.5) is 0 Å². The maximum Gasteiger partial charge on any atom is 0.223 e. The van der Waals surface area contributed by atoms with E-state index in [2.05, 4.69) is 5.32 Å². The number of nitrogens with one attached hydrogen (secondary N) is 1. The van der Waals surface area contributed by atoms with Crippen LogP contribution in [0, 0.1) is 5.92 Å². The molecule has 0 saturated carbocycles. The van der Waals surface area contributed by atoms with E-state index in [1.54, 1.807) is 0 Å². The van der Waals surface area contributed by atoms with Crippen LogP contribution in [0.3, 0.4) is 0 Å². The fourth-order valence-electron chi connectivity index (χ4n) is 1.80. The molecule has 0 aliphatic carbocycles. The average Bonchev–Trinajstić information content (AvgIpc) is 2.28. The first-order valence-corrected chi connectivity index (χ1v) is 8.44. The molecule has 0 saturated heterocycles. The number of sulfonamides is 1. The average molecular weight is 278 g/mol. The molecule has 0 spiro atoms. The van der Waals surface area contributed by atoms with Crippen molar-refractivity contribution in [3.63, 3.8) is 0 Å². The van der Waals surface area contributed by atoms with Crippen LogP contribution >= 0.6 is 0 Å². The van der Waals surface area contributed by atoms with Gasteiger partial charge in [0.2, 0.25) is 15.9 Å². The minimum absolute atomic E-state index is 0.0185. The van der Waals surface area contributed by atoms with Crippen LogP contribution in [0.1, 0.15) is 40.0 Å². The van der Waals surface area contributed by atoms with E-state index in [1.165, 1.54) is 10.6 Å². The van der Waals surface area contributed by atoms with Gasteiger partial charge in [-0.15, -0.1) is 0 Å². The third-order valence-corrected chi connectivity index (χ3v) is 4.26. The molecule has 0 bridgehead atoms. The quantitative estimate of drug-likeness (QED) is 0.689. The summed E-state index contributed by atoms with van der Waals surface area (Å²) in [7, 11) is -3.17. The van der Waals surface area contributed by atoms with E-state index in [9.17, 15) is 13.2 Å². The lowest BCUT2D eigenvalue weighted by molar-refractivity contribution is -0.125. The molecule has 6 heteroatoms. The van der Waals surface area contributed by atoms with Gasteiger partial charge in [0.25, 0.3) is 0 Å². The number of carbonyl (C=O) groups excluding carboxylic acids is 1. The van der Waals surface area contributed by atoms with Crippen molar-refractivity contribution < 1.29 is 13.2 Å². The van der Waals surface area contributed by atoms with E-state index < -0.39 is 10.0 Å². The van der Waals surface area contributed by atoms with Crippen LogP contribution in [-0.2, 0) is 14.8 Å². The minimum Gasteiger partial charge on any atom is -0.355 e. The van der Waals surface area contributed by atoms with Gasteiger partial charge in [-0.3, -0.25) is 4.79 Å². The molecular formula is C12H26N2O3S. The standard InChI is InChI=1S/C12H26N2O3S/c1-5-9-14(18(4,16)17)10-8-13-12(15)11(6-2)7-3/h11H,5-10H2,1-4H3,(H,13,15). The number of nitrogens with zero attached hydrogens (tertiary/aromatic N) is 1. The molecule has 0 unspecified atom stereocenters. The summed E-state index contributed by atoms with van der Waals surface area (Å²) in [4.78, 5) is 11.7. The summed E-state index contributed by atoms with van der Waals surface area (Å²) in [6.45, 7) is 7.11. The van der Waals surface area contributed by atoms with E-state index in [0.717, 1.165) is 19.3 Å². The monoisotopic (exact) mass is 278 g/mol. The molecule has 0 heterocycles. The largest absolute Gasteiger partial charge is 0.355 e. The molecule has 5 nitrogen and oxygen atoms in total. The highest BCUT2D eigenvalue weighted by Crippen LogP contribution is 2.06. The lowest BCUT2D eigenvalue weighted by Crippen LogP contribution is -2.40. The second-order valence-corrected chi connectivity index (χ2v) is 6.45. The Kier molecular flexibility index (Phi) is 8.18. The fourth-order valence-corrected chi connectivity index (χ4v) is 2.74. The Balaban J connectivity index is 4.19. The van der Waals surface area contributed by atoms with Crippen LogP contribution in [0.2, 0.25) is 0 Å². The first kappa shape index (κ1) is 17.4. The maximum absolute atomic E-state index is 11.7. The van der Waals surface area contributed by atoms with Crippen molar-refractivity contribution in [3.05, 3.63) is 0 Å². The van der Waals surface area contributed by atoms with Crippen molar-refractivity contribution in [2.24, 2.45) is 5.92 Å². The van der Waals surface area contributed by atoms with Gasteiger partial charge >= 0.3 is 0 Å². The van der Waals surface area contributed by atoms with Gasteiger partial charge in [0, 0.05) is 25.6 Å². The number of amides is 1. The normalized spacial score (nSPS) is 12.1. The highest BCUT2D eigenvalue weighted by atomic mass is 32.2. The lowest BCUT2D eigenvalue weighted by atomic mass is 10.0. The number of hydrogen-bond acceptors (Lipinski definition) is 3. The van der Waals surface area contributed by atoms with E-state index in [0.29, 0.717) is 19.6 Å². The van der Waals surface area contributed by atoms with Gasteiger partial charge in [0.1, 0.15) is 0 Å². The van der Waals surface area contributed by atoms with E-state index in [1.807, 2.05) is 20.8 Å². The third kappa shape index (κ3) is 6.35. The lowest BCUT2D eigenvalue weighted by Gasteiger charge is -2.20. The molecule has 0 aliphatic heterocycles. The van der Waals surface area contributed by atoms with Crippen LogP contribution in [0.25, 0.3) is 0 Å². The van der Waals surface area contributed by atoms with E-state index in [-0.39, 0.29) is 11.8 Å². The zero-order valence-electron chi connectivity index (χ0n) is 11.9. The topological polar surface area (TPSA) is 66.5 Å². The third-order valence-electron chi connectivity index (χ3n) is 2.96. The van der Waals surface area contributed by atoms with Crippen LogP contribution in [0.15, 0.2) is 0 Å². The summed E-state index contributed by atoms with van der Waals surface area (Å²) in [6.07, 6.45) is 3.60. The summed E-state index contributed by atoms with van der Waals surface area (Å²) < 4.78 is 24.3. The van der Waals surface area contributed by atoms with Crippen LogP contribution in [0.5, 0.6) is 0 Å². The fraction of sp³-hybridized carbons (Fsp3) is 0.917. The van der Waals surface area contributed by atoms with Crippen molar-refractivity contribution in [2.45, 2.75) is 40.0 Å². The summed E-state index contributed by atoms with van der Waals surface area (Å²) in [5, 5.41) is 2.80. The summed E-state index contributed by atoms with van der Waals surface area (Å²) in [5.74, 6) is 0.0489. The summed E-state index contributed by atoms with van der Waals surface area (Å²) in [6, 6.07) is 0. The highest BCUT2D eigenvalue weighted by Gasteiger charge is 2.17. The highest BCUT2D eigenvalue weighted by molar-refractivity contribution is 7.88. The molecule has 0 aromatic heterocycles. The minimum atomic E-state index is -3.17. The Hall–Kier alpha value is -0.620. The van der Waals surface area contributed by atoms with Gasteiger partial charge < -0.3 is 5.32 Å². The Morgan fingerprint density at radius 1 is 1.17 bits per heavy atom. The maximum atomic E-state index is 11.7. The Morgan fingerprint density at radius 2 is 1.72 bits per heavy atom. The Morgan fingerprint density at radius 3 is 2.11 bits per heavy atom. The summed E-state index contributed by atoms with van der Waals surface area (Å²) >= 11 is 0. The Labute approximate surface area is 111 Å². The Bertz CT molecular complexity index is 337. The number of carbonyl (C=O) groups is 1. The predicted molar refractivity (Wildman–Crippen MR) is 73.8 cm³/mol. The second-order valence-electron chi connectivity index (χ2n) is 4.47. The SMILES string of the molecule is CCCN(CCNC(=O)C(CC)CC)S(C)(=O)=O. The van der Waals surface area contributed by atoms with Gasteiger partial charge in [-0.05, 0) is 19.3 Å². The van der Waals surface area contributed by atoms with Gasteiger partial charge in [-0.25, -0.2) is 12.7 Å². The van der Waals surface area contributed by atoms with Crippen molar-refractivity contribution in [2.75, 3.05) is 25.9 Å². The molecule has 0 rings (SSSR count). The van der Waals surface area contributed by atoms with Crippen molar-refractivity contribution >= 4 is 15.9 Å². The molecule has 0 atom stereocenters. The molecule has 0 aromatic carbocycles. The molecule has 0 radical (unpaired) electrons. The van der Waals surface area contributed by atoms with Crippen molar-refractivity contribution in [3.8, 4) is 0 Å². The summed E-state index contributed by atoms with van der Waals surface area (Å²) in [5.41, 5.74) is 0. The van der Waals surface area contributed by atoms with E-state index >= 15 is 0 Å². The number of hydrogen-bond donors (Lipinski definition) is 1. The molecule has 1 N–H and O–H groups in total. The molecule has 0 aromatic rings. The van der Waals surface area contributed by atoms with Crippen LogP contribution in [-0.4, -0.2) is 44.5 Å². The van der Waals surface area contributed by atoms with Gasteiger partial charge in [-0.2, -0.15) is 0 Å². The molecule has 18 heavy (non-hydrogen) atoms. The van der Waals surface area contributed by atoms with Crippen molar-refractivity contribution in [1.82, 2.24) is 9.62 Å². The zero-order valence-corrected chi connectivity index (χ0v) is 12.7. The molecular weight excluding hydrogens is 252 g/mol.